The fourth-order valence-electron chi connectivity index (χ4n) is 6.01. The zero-order valence-corrected chi connectivity index (χ0v) is 21.6. The summed E-state index contributed by atoms with van der Waals surface area (Å²) in [5.74, 6) is 0.417. The van der Waals surface area contributed by atoms with Gasteiger partial charge in [0.1, 0.15) is 11.3 Å². The van der Waals surface area contributed by atoms with E-state index in [2.05, 4.69) is 19.9 Å². The van der Waals surface area contributed by atoms with Crippen molar-refractivity contribution in [3.05, 3.63) is 29.2 Å². The number of rotatable bonds is 4. The van der Waals surface area contributed by atoms with Crippen LogP contribution in [0.25, 0.3) is 5.65 Å². The maximum absolute atomic E-state index is 13.7. The van der Waals surface area contributed by atoms with E-state index in [4.69, 9.17) is 10.1 Å². The van der Waals surface area contributed by atoms with Gasteiger partial charge in [-0.2, -0.15) is 5.10 Å². The molecule has 2 amide bonds. The Labute approximate surface area is 207 Å². The van der Waals surface area contributed by atoms with Crippen molar-refractivity contribution in [2.45, 2.75) is 102 Å². The van der Waals surface area contributed by atoms with Gasteiger partial charge in [-0.3, -0.25) is 9.59 Å². The van der Waals surface area contributed by atoms with Gasteiger partial charge in [0, 0.05) is 31.1 Å². The third-order valence-corrected chi connectivity index (χ3v) is 8.35. The first-order valence-corrected chi connectivity index (χ1v) is 13.3. The summed E-state index contributed by atoms with van der Waals surface area (Å²) in [6, 6.07) is 2.21. The fourth-order valence-corrected chi connectivity index (χ4v) is 6.01. The quantitative estimate of drug-likeness (QED) is 0.716. The second kappa shape index (κ2) is 8.87. The zero-order chi connectivity index (χ0) is 25.0. The molecule has 35 heavy (non-hydrogen) atoms. The highest BCUT2D eigenvalue weighted by Gasteiger charge is 2.48. The smallest absolute Gasteiger partial charge is 0.274 e. The lowest BCUT2D eigenvalue weighted by Gasteiger charge is -2.49. The Balaban J connectivity index is 1.40. The summed E-state index contributed by atoms with van der Waals surface area (Å²) < 4.78 is 1.81. The minimum Gasteiger partial charge on any atom is -0.380 e. The molecule has 0 unspecified atom stereocenters. The number of amides is 2. The SMILES string of the molecule is CC(C)c1cc(C2CCCCC2)nn2cc(C(=O)N3CCN(C(=O)C4(O)CCC4)CC3(C)C)nc12. The molecule has 8 nitrogen and oxygen atoms in total. The number of hydrogen-bond donors (Lipinski definition) is 1. The lowest BCUT2D eigenvalue weighted by Crippen LogP contribution is -2.65. The van der Waals surface area contributed by atoms with E-state index in [0.717, 1.165) is 23.3 Å². The first-order chi connectivity index (χ1) is 16.6. The maximum atomic E-state index is 13.7. The molecule has 1 N–H and O–H groups in total. The minimum absolute atomic E-state index is 0.135. The van der Waals surface area contributed by atoms with Gasteiger partial charge in [-0.1, -0.05) is 33.1 Å². The molecule has 2 aromatic heterocycles. The Morgan fingerprint density at radius 2 is 1.80 bits per heavy atom. The predicted molar refractivity (Wildman–Crippen MR) is 133 cm³/mol. The number of carbonyl (C=O) groups excluding carboxylic acids is 2. The lowest BCUT2D eigenvalue weighted by molar-refractivity contribution is -0.164. The normalized spacial score (nSPS) is 22.5. The van der Waals surface area contributed by atoms with Gasteiger partial charge in [0.2, 0.25) is 0 Å². The molecular weight excluding hydrogens is 442 g/mol. The first-order valence-electron chi connectivity index (χ1n) is 13.3. The predicted octanol–water partition coefficient (Wildman–Crippen LogP) is 3.88. The van der Waals surface area contributed by atoms with Gasteiger partial charge in [-0.05, 0) is 57.9 Å². The molecule has 2 aromatic rings. The summed E-state index contributed by atoms with van der Waals surface area (Å²) in [5, 5.41) is 15.4. The molecule has 0 spiro atoms. The number of nitrogens with zero attached hydrogens (tertiary/aromatic N) is 5. The van der Waals surface area contributed by atoms with E-state index in [9.17, 15) is 14.7 Å². The van der Waals surface area contributed by atoms with Crippen LogP contribution in [-0.4, -0.2) is 72.1 Å². The summed E-state index contributed by atoms with van der Waals surface area (Å²) >= 11 is 0. The summed E-state index contributed by atoms with van der Waals surface area (Å²) in [6.45, 7) is 9.50. The van der Waals surface area contributed by atoms with E-state index >= 15 is 0 Å². The van der Waals surface area contributed by atoms with Crippen LogP contribution in [0.3, 0.4) is 0 Å². The Kier molecular flexibility index (Phi) is 6.14. The lowest BCUT2D eigenvalue weighted by atomic mass is 9.78. The van der Waals surface area contributed by atoms with E-state index in [1.54, 1.807) is 11.1 Å². The Hall–Kier alpha value is -2.48. The van der Waals surface area contributed by atoms with Crippen LogP contribution in [0.2, 0.25) is 0 Å². The largest absolute Gasteiger partial charge is 0.380 e. The zero-order valence-electron chi connectivity index (χ0n) is 21.6. The van der Waals surface area contributed by atoms with Gasteiger partial charge in [0.05, 0.1) is 17.4 Å². The molecule has 1 aliphatic heterocycles. The summed E-state index contributed by atoms with van der Waals surface area (Å²) in [5.41, 5.74) is 1.61. The molecule has 3 aliphatic rings. The average molecular weight is 482 g/mol. The van der Waals surface area contributed by atoms with Crippen molar-refractivity contribution in [2.75, 3.05) is 19.6 Å². The van der Waals surface area contributed by atoms with Crippen molar-refractivity contribution in [2.24, 2.45) is 0 Å². The Bertz CT molecular complexity index is 1130. The second-order valence-electron chi connectivity index (χ2n) is 11.8. The number of carbonyl (C=O) groups is 2. The van der Waals surface area contributed by atoms with Gasteiger partial charge in [-0.25, -0.2) is 9.50 Å². The average Bonchev–Trinajstić information content (AvgIpc) is 3.25. The molecule has 2 aliphatic carbocycles. The number of imidazole rings is 1. The molecule has 3 fully saturated rings. The summed E-state index contributed by atoms with van der Waals surface area (Å²) in [7, 11) is 0. The Morgan fingerprint density at radius 1 is 1.09 bits per heavy atom. The molecule has 5 rings (SSSR count). The van der Waals surface area contributed by atoms with Crippen LogP contribution in [-0.2, 0) is 4.79 Å². The molecule has 0 bridgehead atoms. The topological polar surface area (TPSA) is 91.0 Å². The van der Waals surface area contributed by atoms with Crippen LogP contribution < -0.4 is 0 Å². The highest BCUT2D eigenvalue weighted by molar-refractivity contribution is 5.94. The van der Waals surface area contributed by atoms with Crippen molar-refractivity contribution in [3.8, 4) is 0 Å². The summed E-state index contributed by atoms with van der Waals surface area (Å²) in [6.07, 6.45) is 9.85. The molecule has 190 valence electrons. The monoisotopic (exact) mass is 481 g/mol. The first kappa shape index (κ1) is 24.2. The maximum Gasteiger partial charge on any atom is 0.274 e. The van der Waals surface area contributed by atoms with Crippen molar-refractivity contribution in [3.63, 3.8) is 0 Å². The summed E-state index contributed by atoms with van der Waals surface area (Å²) in [4.78, 5) is 34.8. The standard InChI is InChI=1S/C27H39N5O3/c1-18(2)20-15-21(19-9-6-5-7-10-19)29-32-16-22(28-23(20)32)24(33)31-14-13-30(17-26(31,3)4)25(34)27(35)11-8-12-27/h15-16,18-19,35H,5-14,17H2,1-4H3. The second-order valence-corrected chi connectivity index (χ2v) is 11.8. The molecule has 3 heterocycles. The highest BCUT2D eigenvalue weighted by atomic mass is 16.3. The molecule has 0 radical (unpaired) electrons. The van der Waals surface area contributed by atoms with Gasteiger partial charge in [0.15, 0.2) is 5.65 Å². The highest BCUT2D eigenvalue weighted by Crippen LogP contribution is 2.36. The van der Waals surface area contributed by atoms with Gasteiger partial charge in [-0.15, -0.1) is 0 Å². The number of hydrogen-bond acceptors (Lipinski definition) is 5. The van der Waals surface area contributed by atoms with Crippen molar-refractivity contribution < 1.29 is 14.7 Å². The van der Waals surface area contributed by atoms with Gasteiger partial charge in [0.25, 0.3) is 11.8 Å². The third-order valence-electron chi connectivity index (χ3n) is 8.35. The number of aromatic nitrogens is 3. The fraction of sp³-hybridized carbons (Fsp3) is 0.704. The molecular formula is C27H39N5O3. The molecule has 0 atom stereocenters. The van der Waals surface area contributed by atoms with E-state index in [-0.39, 0.29) is 17.7 Å². The van der Waals surface area contributed by atoms with Crippen molar-refractivity contribution in [1.82, 2.24) is 24.4 Å². The van der Waals surface area contributed by atoms with Crippen LogP contribution in [0.15, 0.2) is 12.3 Å². The van der Waals surface area contributed by atoms with Crippen LogP contribution in [0, 0.1) is 0 Å². The van der Waals surface area contributed by atoms with Crippen LogP contribution in [0.1, 0.15) is 113 Å². The van der Waals surface area contributed by atoms with Crippen LogP contribution >= 0.6 is 0 Å². The Morgan fingerprint density at radius 3 is 2.40 bits per heavy atom. The van der Waals surface area contributed by atoms with E-state index in [1.165, 1.54) is 32.1 Å². The number of piperazine rings is 1. The van der Waals surface area contributed by atoms with Gasteiger partial charge >= 0.3 is 0 Å². The van der Waals surface area contributed by atoms with Gasteiger partial charge < -0.3 is 14.9 Å². The van der Waals surface area contributed by atoms with E-state index in [0.29, 0.717) is 44.1 Å². The van der Waals surface area contributed by atoms with E-state index in [1.807, 2.05) is 23.3 Å². The molecule has 0 aromatic carbocycles. The van der Waals surface area contributed by atoms with Crippen LogP contribution in [0.4, 0.5) is 0 Å². The van der Waals surface area contributed by atoms with Crippen LogP contribution in [0.5, 0.6) is 0 Å². The van der Waals surface area contributed by atoms with Crippen molar-refractivity contribution in [1.29, 1.82) is 0 Å². The van der Waals surface area contributed by atoms with E-state index < -0.39 is 11.1 Å². The number of fused-ring (bicyclic) bond motifs is 1. The van der Waals surface area contributed by atoms with Crippen molar-refractivity contribution >= 4 is 17.5 Å². The molecule has 1 saturated heterocycles. The third kappa shape index (κ3) is 4.34. The molecule has 8 heteroatoms. The number of aliphatic hydroxyl groups is 1. The minimum atomic E-state index is -1.21. The molecule has 2 saturated carbocycles.